The van der Waals surface area contributed by atoms with E-state index in [9.17, 15) is 0 Å². The molecule has 2 fully saturated rings. The second-order valence-electron chi connectivity index (χ2n) is 6.12. The highest BCUT2D eigenvalue weighted by molar-refractivity contribution is 6.32. The van der Waals surface area contributed by atoms with Crippen LogP contribution in [0.3, 0.4) is 0 Å². The molecule has 132 valence electrons. The second-order valence-corrected chi connectivity index (χ2v) is 6.52. The van der Waals surface area contributed by atoms with E-state index in [4.69, 9.17) is 16.3 Å². The van der Waals surface area contributed by atoms with Crippen molar-refractivity contribution in [3.63, 3.8) is 0 Å². The first-order chi connectivity index (χ1) is 12.3. The van der Waals surface area contributed by atoms with E-state index < -0.39 is 0 Å². The van der Waals surface area contributed by atoms with Crippen LogP contribution in [0, 0.1) is 0 Å². The maximum Gasteiger partial charge on any atom is 0.147 e. The minimum absolute atomic E-state index is 0.701. The van der Waals surface area contributed by atoms with Gasteiger partial charge in [0.05, 0.1) is 18.2 Å². The van der Waals surface area contributed by atoms with Gasteiger partial charge < -0.3 is 19.4 Å². The molecule has 2 aromatic heterocycles. The first-order valence-electron chi connectivity index (χ1n) is 8.56. The van der Waals surface area contributed by atoms with Crippen LogP contribution in [0.15, 0.2) is 30.7 Å². The number of ether oxygens (including phenoxy) is 1. The minimum atomic E-state index is 0.701. The molecular formula is C17H21ClN6O. The average Bonchev–Trinajstić information content (AvgIpc) is 2.69. The molecule has 2 aromatic rings. The number of hydrogen-bond acceptors (Lipinski definition) is 7. The number of piperazine rings is 1. The fourth-order valence-corrected chi connectivity index (χ4v) is 3.47. The third-order valence-corrected chi connectivity index (χ3v) is 4.91. The first-order valence-corrected chi connectivity index (χ1v) is 8.94. The minimum Gasteiger partial charge on any atom is -0.378 e. The van der Waals surface area contributed by atoms with E-state index in [1.54, 1.807) is 12.5 Å². The number of anilines is 3. The molecule has 0 bridgehead atoms. The third-order valence-electron chi connectivity index (χ3n) is 4.62. The van der Waals surface area contributed by atoms with Gasteiger partial charge in [0, 0.05) is 51.5 Å². The topological polar surface area (TPSA) is 57.6 Å². The van der Waals surface area contributed by atoms with Gasteiger partial charge in [-0.2, -0.15) is 0 Å². The molecule has 0 amide bonds. The molecular weight excluding hydrogens is 340 g/mol. The molecule has 4 rings (SSSR count). The van der Waals surface area contributed by atoms with E-state index in [1.807, 2.05) is 12.1 Å². The normalized spacial score (nSPS) is 18.5. The van der Waals surface area contributed by atoms with E-state index >= 15 is 0 Å². The van der Waals surface area contributed by atoms with Gasteiger partial charge >= 0.3 is 0 Å². The average molecular weight is 361 g/mol. The molecule has 2 saturated heterocycles. The summed E-state index contributed by atoms with van der Waals surface area (Å²) in [4.78, 5) is 20.1. The van der Waals surface area contributed by atoms with Gasteiger partial charge in [0.15, 0.2) is 0 Å². The summed E-state index contributed by atoms with van der Waals surface area (Å²) in [6.07, 6.45) is 3.44. The molecule has 0 radical (unpaired) electrons. The van der Waals surface area contributed by atoms with Crippen molar-refractivity contribution in [3.8, 4) is 0 Å². The van der Waals surface area contributed by atoms with Crippen LogP contribution in [-0.4, -0.2) is 67.4 Å². The van der Waals surface area contributed by atoms with Crippen LogP contribution in [0.25, 0.3) is 0 Å². The van der Waals surface area contributed by atoms with Gasteiger partial charge in [0.2, 0.25) is 0 Å². The fraction of sp³-hybridized carbons (Fsp3) is 0.471. The Labute approximate surface area is 152 Å². The zero-order valence-electron chi connectivity index (χ0n) is 14.0. The fourth-order valence-electron chi connectivity index (χ4n) is 3.23. The number of halogens is 1. The molecule has 7 nitrogen and oxygen atoms in total. The maximum absolute atomic E-state index is 6.26. The summed E-state index contributed by atoms with van der Waals surface area (Å²) in [6.45, 7) is 6.76. The van der Waals surface area contributed by atoms with Crippen LogP contribution in [0.2, 0.25) is 5.02 Å². The summed E-state index contributed by atoms with van der Waals surface area (Å²) in [6, 6.07) is 5.82. The lowest BCUT2D eigenvalue weighted by molar-refractivity contribution is 0.122. The Kier molecular flexibility index (Phi) is 4.85. The van der Waals surface area contributed by atoms with Crippen molar-refractivity contribution in [2.75, 3.05) is 67.2 Å². The maximum atomic E-state index is 6.26. The van der Waals surface area contributed by atoms with Gasteiger partial charge in [-0.1, -0.05) is 11.6 Å². The van der Waals surface area contributed by atoms with E-state index in [2.05, 4.69) is 35.7 Å². The van der Waals surface area contributed by atoms with Gasteiger partial charge in [0.1, 0.15) is 23.8 Å². The quantitative estimate of drug-likeness (QED) is 0.825. The Bertz CT molecular complexity index is 716. The largest absolute Gasteiger partial charge is 0.378 e. The summed E-state index contributed by atoms with van der Waals surface area (Å²) < 4.78 is 5.41. The summed E-state index contributed by atoms with van der Waals surface area (Å²) in [5, 5.41) is 0.701. The van der Waals surface area contributed by atoms with Gasteiger partial charge in [-0.15, -0.1) is 0 Å². The predicted octanol–water partition coefficient (Wildman–Crippen LogP) is 1.69. The number of hydrogen-bond donors (Lipinski definition) is 0. The van der Waals surface area contributed by atoms with Crippen molar-refractivity contribution in [1.29, 1.82) is 0 Å². The van der Waals surface area contributed by atoms with E-state index in [0.717, 1.165) is 69.9 Å². The molecule has 2 aliphatic rings. The zero-order chi connectivity index (χ0) is 17.1. The van der Waals surface area contributed by atoms with Crippen LogP contribution >= 0.6 is 11.6 Å². The Balaban J connectivity index is 1.43. The molecule has 0 N–H and O–H groups in total. The monoisotopic (exact) mass is 360 g/mol. The molecule has 0 atom stereocenters. The number of aromatic nitrogens is 3. The summed E-state index contributed by atoms with van der Waals surface area (Å²) in [5.41, 5.74) is 0. The van der Waals surface area contributed by atoms with Crippen LogP contribution in [0.4, 0.5) is 17.5 Å². The standard InChI is InChI=1S/C17H21ClN6O/c18-14-2-1-3-19-17(14)24-6-4-22(5-7-24)15-12-16(21-13-20-15)23-8-10-25-11-9-23/h1-3,12-13H,4-11H2. The summed E-state index contributed by atoms with van der Waals surface area (Å²) in [5.74, 6) is 2.81. The summed E-state index contributed by atoms with van der Waals surface area (Å²) in [7, 11) is 0. The van der Waals surface area contributed by atoms with Gasteiger partial charge in [-0.05, 0) is 12.1 Å². The Morgan fingerprint density at radius 2 is 1.48 bits per heavy atom. The molecule has 0 aliphatic carbocycles. The lowest BCUT2D eigenvalue weighted by atomic mass is 10.3. The van der Waals surface area contributed by atoms with Crippen LogP contribution in [-0.2, 0) is 4.74 Å². The van der Waals surface area contributed by atoms with Crippen molar-refractivity contribution in [2.24, 2.45) is 0 Å². The van der Waals surface area contributed by atoms with Crippen molar-refractivity contribution in [2.45, 2.75) is 0 Å². The van der Waals surface area contributed by atoms with Crippen molar-refractivity contribution < 1.29 is 4.74 Å². The number of rotatable bonds is 3. The van der Waals surface area contributed by atoms with Crippen molar-refractivity contribution >= 4 is 29.1 Å². The zero-order valence-corrected chi connectivity index (χ0v) is 14.8. The number of pyridine rings is 1. The molecule has 8 heteroatoms. The molecule has 0 unspecified atom stereocenters. The molecule has 0 spiro atoms. The highest BCUT2D eigenvalue weighted by atomic mass is 35.5. The van der Waals surface area contributed by atoms with Crippen LogP contribution < -0.4 is 14.7 Å². The van der Waals surface area contributed by atoms with Crippen LogP contribution in [0.5, 0.6) is 0 Å². The number of nitrogens with zero attached hydrogens (tertiary/aromatic N) is 6. The predicted molar refractivity (Wildman–Crippen MR) is 98.7 cm³/mol. The smallest absolute Gasteiger partial charge is 0.147 e. The van der Waals surface area contributed by atoms with Crippen molar-refractivity contribution in [3.05, 3.63) is 35.7 Å². The lowest BCUT2D eigenvalue weighted by Crippen LogP contribution is -2.47. The Hall–Kier alpha value is -2.12. The Morgan fingerprint density at radius 1 is 0.840 bits per heavy atom. The molecule has 25 heavy (non-hydrogen) atoms. The highest BCUT2D eigenvalue weighted by Gasteiger charge is 2.22. The van der Waals surface area contributed by atoms with E-state index in [-0.39, 0.29) is 0 Å². The highest BCUT2D eigenvalue weighted by Crippen LogP contribution is 2.25. The lowest BCUT2D eigenvalue weighted by Gasteiger charge is -2.36. The second kappa shape index (κ2) is 7.41. The molecule has 0 saturated carbocycles. The van der Waals surface area contributed by atoms with Gasteiger partial charge in [-0.25, -0.2) is 15.0 Å². The van der Waals surface area contributed by atoms with E-state index in [0.29, 0.717) is 5.02 Å². The Morgan fingerprint density at radius 3 is 2.16 bits per heavy atom. The number of morpholine rings is 1. The van der Waals surface area contributed by atoms with Gasteiger partial charge in [-0.3, -0.25) is 0 Å². The molecule has 0 aromatic carbocycles. The molecule has 2 aliphatic heterocycles. The van der Waals surface area contributed by atoms with Crippen LogP contribution in [0.1, 0.15) is 0 Å². The SMILES string of the molecule is Clc1cccnc1N1CCN(c2cc(N3CCOCC3)ncn2)CC1. The van der Waals surface area contributed by atoms with Gasteiger partial charge in [0.25, 0.3) is 0 Å². The van der Waals surface area contributed by atoms with Crippen molar-refractivity contribution in [1.82, 2.24) is 15.0 Å². The third kappa shape index (κ3) is 3.62. The summed E-state index contributed by atoms with van der Waals surface area (Å²) >= 11 is 6.26. The first kappa shape index (κ1) is 16.4. The van der Waals surface area contributed by atoms with E-state index in [1.165, 1.54) is 0 Å². The molecule has 4 heterocycles.